The Hall–Kier alpha value is -1.85. The maximum Gasteiger partial charge on any atom is 0.263 e. The van der Waals surface area contributed by atoms with Gasteiger partial charge in [-0.1, -0.05) is 18.2 Å². The number of ether oxygens (including phenoxy) is 1. The van der Waals surface area contributed by atoms with E-state index in [1.165, 1.54) is 4.88 Å². The van der Waals surface area contributed by atoms with E-state index in [0.29, 0.717) is 18.3 Å². The molecule has 1 aromatic carbocycles. The molecule has 2 aromatic rings. The number of hydrogen-bond acceptors (Lipinski definition) is 4. The highest BCUT2D eigenvalue weighted by Gasteiger charge is 2.35. The monoisotopic (exact) mass is 331 g/mol. The molecule has 122 valence electrons. The predicted molar refractivity (Wildman–Crippen MR) is 90.3 cm³/mol. The molecular weight excluding hydrogens is 310 g/mol. The lowest BCUT2D eigenvalue weighted by atomic mass is 10.2. The summed E-state index contributed by atoms with van der Waals surface area (Å²) in [6.45, 7) is 2.41. The summed E-state index contributed by atoms with van der Waals surface area (Å²) in [7, 11) is 0. The first kappa shape index (κ1) is 16.0. The molecule has 0 aliphatic heterocycles. The smallest absolute Gasteiger partial charge is 0.263 e. The first-order chi connectivity index (χ1) is 11.2. The Morgan fingerprint density at radius 3 is 2.87 bits per heavy atom. The Morgan fingerprint density at radius 1 is 1.39 bits per heavy atom. The molecule has 4 nitrogen and oxygen atoms in total. The molecule has 1 amide bonds. The molecule has 5 heteroatoms. The summed E-state index contributed by atoms with van der Waals surface area (Å²) in [4.78, 5) is 15.9. The minimum atomic E-state index is -0.537. The fourth-order valence-corrected chi connectivity index (χ4v) is 3.25. The van der Waals surface area contributed by atoms with E-state index in [2.05, 4.69) is 6.07 Å². The van der Waals surface area contributed by atoms with E-state index in [-0.39, 0.29) is 12.5 Å². The van der Waals surface area contributed by atoms with Crippen LogP contribution in [0.1, 0.15) is 30.2 Å². The average Bonchev–Trinajstić information content (AvgIpc) is 3.28. The van der Waals surface area contributed by atoms with Crippen LogP contribution >= 0.6 is 11.3 Å². The van der Waals surface area contributed by atoms with E-state index >= 15 is 0 Å². The lowest BCUT2D eigenvalue weighted by molar-refractivity contribution is -0.139. The Bertz CT molecular complexity index is 652. The Labute approximate surface area is 140 Å². The normalized spacial score (nSPS) is 15.2. The number of hydrogen-bond donors (Lipinski definition) is 1. The highest BCUT2D eigenvalue weighted by Crippen LogP contribution is 2.30. The van der Waals surface area contributed by atoms with Crippen LogP contribution in [0.15, 0.2) is 41.8 Å². The molecule has 1 aliphatic rings. The molecule has 1 heterocycles. The zero-order valence-corrected chi connectivity index (χ0v) is 14.0. The summed E-state index contributed by atoms with van der Waals surface area (Å²) < 4.78 is 5.80. The third-order valence-electron chi connectivity index (χ3n) is 3.92. The van der Waals surface area contributed by atoms with Crippen molar-refractivity contribution in [3.8, 4) is 5.75 Å². The van der Waals surface area contributed by atoms with Gasteiger partial charge in [0.05, 0.1) is 13.2 Å². The largest absolute Gasteiger partial charge is 0.481 e. The lowest BCUT2D eigenvalue weighted by Gasteiger charge is -2.25. The summed E-state index contributed by atoms with van der Waals surface area (Å²) in [6.07, 6.45) is 1.61. The maximum atomic E-state index is 12.8. The van der Waals surface area contributed by atoms with E-state index in [9.17, 15) is 9.90 Å². The molecule has 0 radical (unpaired) electrons. The van der Waals surface area contributed by atoms with Crippen LogP contribution in [-0.4, -0.2) is 28.1 Å². The maximum absolute atomic E-state index is 12.8. The summed E-state index contributed by atoms with van der Waals surface area (Å²) in [5, 5.41) is 11.2. The molecule has 1 aliphatic carbocycles. The second-order valence-electron chi connectivity index (χ2n) is 5.84. The quantitative estimate of drug-likeness (QED) is 0.847. The van der Waals surface area contributed by atoms with Crippen LogP contribution in [0.3, 0.4) is 0 Å². The predicted octanol–water partition coefficient (Wildman–Crippen LogP) is 3.20. The van der Waals surface area contributed by atoms with Crippen LogP contribution in [-0.2, 0) is 17.9 Å². The van der Waals surface area contributed by atoms with E-state index in [1.54, 1.807) is 24.3 Å². The summed E-state index contributed by atoms with van der Waals surface area (Å²) >= 11 is 1.67. The zero-order valence-electron chi connectivity index (χ0n) is 13.1. The van der Waals surface area contributed by atoms with Gasteiger partial charge in [-0.25, -0.2) is 0 Å². The van der Waals surface area contributed by atoms with Gasteiger partial charge in [-0.2, -0.15) is 0 Å². The number of nitrogens with zero attached hydrogens (tertiary/aromatic N) is 1. The van der Waals surface area contributed by atoms with Gasteiger partial charge in [0.25, 0.3) is 5.91 Å². The van der Waals surface area contributed by atoms with Crippen molar-refractivity contribution in [2.45, 2.75) is 45.1 Å². The first-order valence-corrected chi connectivity index (χ1v) is 8.74. The molecule has 1 atom stereocenters. The molecule has 1 aromatic heterocycles. The van der Waals surface area contributed by atoms with Crippen molar-refractivity contribution < 1.29 is 14.6 Å². The minimum Gasteiger partial charge on any atom is -0.481 e. The molecule has 1 N–H and O–H groups in total. The number of amides is 1. The van der Waals surface area contributed by atoms with Gasteiger partial charge in [0.15, 0.2) is 6.10 Å². The van der Waals surface area contributed by atoms with Crippen LogP contribution in [0.25, 0.3) is 0 Å². The van der Waals surface area contributed by atoms with E-state index in [4.69, 9.17) is 4.74 Å². The highest BCUT2D eigenvalue weighted by atomic mass is 32.1. The molecule has 3 rings (SSSR count). The number of benzene rings is 1. The van der Waals surface area contributed by atoms with Crippen molar-refractivity contribution in [3.63, 3.8) is 0 Å². The number of rotatable bonds is 7. The first-order valence-electron chi connectivity index (χ1n) is 7.86. The standard InChI is InChI=1S/C18H21NO3S/c1-13(22-16-5-2-4-14(10-16)12-20)18(21)19(15-7-8-15)11-17-6-3-9-23-17/h2-6,9-10,13,15,20H,7-8,11-12H2,1H3. The number of aliphatic hydroxyl groups excluding tert-OH is 1. The van der Waals surface area contributed by atoms with E-state index in [0.717, 1.165) is 18.4 Å². The van der Waals surface area contributed by atoms with Crippen LogP contribution in [0.2, 0.25) is 0 Å². The van der Waals surface area contributed by atoms with Gasteiger partial charge in [-0.15, -0.1) is 11.3 Å². The molecule has 0 saturated heterocycles. The zero-order chi connectivity index (χ0) is 16.2. The number of carbonyl (C=O) groups excluding carboxylic acids is 1. The third kappa shape index (κ3) is 4.12. The van der Waals surface area contributed by atoms with Crippen molar-refractivity contribution >= 4 is 17.2 Å². The van der Waals surface area contributed by atoms with Crippen molar-refractivity contribution in [2.24, 2.45) is 0 Å². The topological polar surface area (TPSA) is 49.8 Å². The Morgan fingerprint density at radius 2 is 2.22 bits per heavy atom. The number of thiophene rings is 1. The van der Waals surface area contributed by atoms with Crippen molar-refractivity contribution in [1.82, 2.24) is 4.90 Å². The van der Waals surface area contributed by atoms with Gasteiger partial charge in [0.2, 0.25) is 0 Å². The van der Waals surface area contributed by atoms with Crippen LogP contribution in [0, 0.1) is 0 Å². The number of carbonyl (C=O) groups is 1. The second kappa shape index (κ2) is 7.15. The molecule has 23 heavy (non-hydrogen) atoms. The Kier molecular flexibility index (Phi) is 4.98. The minimum absolute atomic E-state index is 0.0234. The van der Waals surface area contributed by atoms with Gasteiger partial charge in [0, 0.05) is 10.9 Å². The summed E-state index contributed by atoms with van der Waals surface area (Å²) in [6, 6.07) is 11.6. The molecule has 1 unspecified atom stereocenters. The second-order valence-corrected chi connectivity index (χ2v) is 6.87. The molecular formula is C18H21NO3S. The van der Waals surface area contributed by atoms with Gasteiger partial charge in [0.1, 0.15) is 5.75 Å². The van der Waals surface area contributed by atoms with Gasteiger partial charge < -0.3 is 14.7 Å². The van der Waals surface area contributed by atoms with Gasteiger partial charge in [-0.3, -0.25) is 4.79 Å². The average molecular weight is 331 g/mol. The van der Waals surface area contributed by atoms with E-state index < -0.39 is 6.10 Å². The molecule has 1 saturated carbocycles. The van der Waals surface area contributed by atoms with Crippen LogP contribution < -0.4 is 4.74 Å². The Balaban J connectivity index is 1.66. The molecule has 0 spiro atoms. The molecule has 1 fully saturated rings. The fraction of sp³-hybridized carbons (Fsp3) is 0.389. The third-order valence-corrected chi connectivity index (χ3v) is 4.78. The number of aliphatic hydroxyl groups is 1. The summed E-state index contributed by atoms with van der Waals surface area (Å²) in [5.41, 5.74) is 0.778. The van der Waals surface area contributed by atoms with Gasteiger partial charge >= 0.3 is 0 Å². The van der Waals surface area contributed by atoms with Crippen LogP contribution in [0.5, 0.6) is 5.75 Å². The highest BCUT2D eigenvalue weighted by molar-refractivity contribution is 7.09. The molecule has 0 bridgehead atoms. The van der Waals surface area contributed by atoms with Crippen molar-refractivity contribution in [2.75, 3.05) is 0 Å². The fourth-order valence-electron chi connectivity index (χ4n) is 2.55. The van der Waals surface area contributed by atoms with Crippen molar-refractivity contribution in [3.05, 3.63) is 52.2 Å². The van der Waals surface area contributed by atoms with Gasteiger partial charge in [-0.05, 0) is 48.9 Å². The van der Waals surface area contributed by atoms with Crippen LogP contribution in [0.4, 0.5) is 0 Å². The van der Waals surface area contributed by atoms with Crippen molar-refractivity contribution in [1.29, 1.82) is 0 Å². The summed E-state index contributed by atoms with van der Waals surface area (Å²) in [5.74, 6) is 0.638. The SMILES string of the molecule is CC(Oc1cccc(CO)c1)C(=O)N(Cc1cccs1)C1CC1. The lowest BCUT2D eigenvalue weighted by Crippen LogP contribution is -2.41. The van der Waals surface area contributed by atoms with E-state index in [1.807, 2.05) is 34.5 Å².